The Labute approximate surface area is 189 Å². The molecule has 0 saturated heterocycles. The molecule has 1 atom stereocenters. The van der Waals surface area contributed by atoms with Crippen molar-refractivity contribution in [2.75, 3.05) is 14.2 Å². The Kier molecular flexibility index (Phi) is 8.74. The van der Waals surface area contributed by atoms with Crippen LogP contribution in [0.1, 0.15) is 0 Å². The van der Waals surface area contributed by atoms with Crippen LogP contribution in [0.25, 0.3) is 0 Å². The lowest BCUT2D eigenvalue weighted by Crippen LogP contribution is -2.71. The van der Waals surface area contributed by atoms with Gasteiger partial charge in [-0.1, -0.05) is 18.2 Å². The molecular formula is C15H14F12NO5PS. The molecule has 1 aromatic rings. The van der Waals surface area contributed by atoms with Gasteiger partial charge in [-0.05, 0) is 12.1 Å². The van der Waals surface area contributed by atoms with Crippen LogP contribution < -0.4 is 4.72 Å². The van der Waals surface area contributed by atoms with Gasteiger partial charge in [0.25, 0.3) is 0 Å². The van der Waals surface area contributed by atoms with Gasteiger partial charge in [0.05, 0.1) is 4.90 Å². The maximum atomic E-state index is 14.7. The predicted molar refractivity (Wildman–Crippen MR) is 92.9 cm³/mol. The Morgan fingerprint density at radius 3 is 1.54 bits per heavy atom. The summed E-state index contributed by atoms with van der Waals surface area (Å²) in [5.41, 5.74) is 0. The van der Waals surface area contributed by atoms with Gasteiger partial charge in [-0.25, -0.2) is 17.2 Å². The zero-order chi connectivity index (χ0) is 27.9. The van der Waals surface area contributed by atoms with Crippen molar-refractivity contribution in [1.29, 1.82) is 0 Å². The number of sulfonamides is 1. The standard InChI is InChI=1S/C15H14F12NO5PS/c1-32-34(29,33-2)10(28-35(30,31)8-6-4-3-5-7-8)12(20,21)14(24,25)15(26,27)13(22,23)11(18,19)9(16)17/h3-7,9-10,28H,1-2H3/t10-/m0/s1. The number of halogens is 12. The van der Waals surface area contributed by atoms with Crippen LogP contribution in [0.3, 0.4) is 0 Å². The zero-order valence-electron chi connectivity index (χ0n) is 17.0. The fraction of sp³-hybridized carbons (Fsp3) is 0.600. The van der Waals surface area contributed by atoms with Crippen molar-refractivity contribution in [3.8, 4) is 0 Å². The number of alkyl halides is 12. The molecule has 0 saturated carbocycles. The van der Waals surface area contributed by atoms with Crippen LogP contribution >= 0.6 is 7.60 Å². The average Bonchev–Trinajstić information content (AvgIpc) is 2.76. The van der Waals surface area contributed by atoms with Crippen molar-refractivity contribution in [3.05, 3.63) is 30.3 Å². The molecule has 6 nitrogen and oxygen atoms in total. The third-order valence-electron chi connectivity index (χ3n) is 4.39. The molecule has 1 rings (SSSR count). The summed E-state index contributed by atoms with van der Waals surface area (Å²) in [5.74, 6) is -42.4. The first-order valence-corrected chi connectivity index (χ1v) is 11.6. The Bertz CT molecular complexity index is 1030. The fourth-order valence-electron chi connectivity index (χ4n) is 2.36. The molecule has 0 radical (unpaired) electrons. The van der Waals surface area contributed by atoms with Crippen molar-refractivity contribution in [1.82, 2.24) is 4.72 Å². The molecule has 35 heavy (non-hydrogen) atoms. The van der Waals surface area contributed by atoms with Gasteiger partial charge in [-0.15, -0.1) is 0 Å². The highest BCUT2D eigenvalue weighted by Crippen LogP contribution is 2.64. The van der Waals surface area contributed by atoms with Crippen molar-refractivity contribution in [2.24, 2.45) is 0 Å². The van der Waals surface area contributed by atoms with Crippen LogP contribution in [0, 0.1) is 0 Å². The molecule has 0 aliphatic rings. The van der Waals surface area contributed by atoms with Crippen LogP contribution in [0.2, 0.25) is 0 Å². The second kappa shape index (κ2) is 9.72. The van der Waals surface area contributed by atoms with Gasteiger partial charge < -0.3 is 9.05 Å². The number of hydrogen-bond acceptors (Lipinski definition) is 5. The molecule has 0 heterocycles. The third-order valence-corrected chi connectivity index (χ3v) is 8.11. The Balaban J connectivity index is 3.81. The summed E-state index contributed by atoms with van der Waals surface area (Å²) in [4.78, 5) is -1.04. The summed E-state index contributed by atoms with van der Waals surface area (Å²) >= 11 is 0. The zero-order valence-corrected chi connectivity index (χ0v) is 18.7. The first-order valence-electron chi connectivity index (χ1n) is 8.47. The van der Waals surface area contributed by atoms with E-state index in [0.717, 1.165) is 12.1 Å². The molecule has 0 spiro atoms. The molecule has 0 amide bonds. The highest BCUT2D eigenvalue weighted by Gasteiger charge is 2.89. The van der Waals surface area contributed by atoms with Crippen LogP contribution in [0.15, 0.2) is 35.2 Å². The highest BCUT2D eigenvalue weighted by atomic mass is 32.2. The van der Waals surface area contributed by atoms with Gasteiger partial charge in [0.2, 0.25) is 10.0 Å². The lowest BCUT2D eigenvalue weighted by Gasteiger charge is -2.42. The molecule has 0 aromatic heterocycles. The van der Waals surface area contributed by atoms with Gasteiger partial charge in [-0.3, -0.25) is 4.57 Å². The van der Waals surface area contributed by atoms with Crippen molar-refractivity contribution >= 4 is 17.6 Å². The summed E-state index contributed by atoms with van der Waals surface area (Å²) in [6, 6.07) is 4.33. The molecule has 0 aliphatic carbocycles. The largest absolute Gasteiger partial charge is 0.384 e. The van der Waals surface area contributed by atoms with Crippen LogP contribution in [0.5, 0.6) is 0 Å². The van der Waals surface area contributed by atoms with E-state index >= 15 is 0 Å². The van der Waals surface area contributed by atoms with E-state index in [9.17, 15) is 65.7 Å². The molecule has 0 unspecified atom stereocenters. The second-order valence-corrected chi connectivity index (χ2v) is 10.6. The van der Waals surface area contributed by atoms with Crippen LogP contribution in [0.4, 0.5) is 52.7 Å². The molecule has 0 fully saturated rings. The SMILES string of the molecule is COP(=O)(OC)[C@H](NS(=O)(=O)c1ccccc1)C(F)(F)C(F)(F)C(F)(F)C(F)(F)C(F)(F)C(F)F. The van der Waals surface area contributed by atoms with Gasteiger partial charge in [0.15, 0.2) is 5.78 Å². The third kappa shape index (κ3) is 5.01. The van der Waals surface area contributed by atoms with E-state index in [1.807, 2.05) is 0 Å². The van der Waals surface area contributed by atoms with Gasteiger partial charge in [-0.2, -0.15) is 48.6 Å². The lowest BCUT2D eigenvalue weighted by molar-refractivity contribution is -0.413. The minimum atomic E-state index is -7.99. The summed E-state index contributed by atoms with van der Waals surface area (Å²) in [5, 5.41) is 0. The van der Waals surface area contributed by atoms with E-state index < -0.39 is 64.3 Å². The number of rotatable bonds is 12. The summed E-state index contributed by atoms with van der Waals surface area (Å²) < 4.78 is 209. The van der Waals surface area contributed by atoms with E-state index in [-0.39, 0.29) is 14.2 Å². The number of benzene rings is 1. The van der Waals surface area contributed by atoms with E-state index in [1.165, 1.54) is 6.07 Å². The summed E-state index contributed by atoms with van der Waals surface area (Å²) in [6.07, 6.45) is -5.73. The van der Waals surface area contributed by atoms with Crippen molar-refractivity contribution in [2.45, 2.75) is 46.7 Å². The summed E-state index contributed by atoms with van der Waals surface area (Å²) in [7, 11) is -11.2. The minimum Gasteiger partial charge on any atom is -0.311 e. The van der Waals surface area contributed by atoms with Gasteiger partial charge in [0, 0.05) is 14.2 Å². The molecule has 0 aliphatic heterocycles. The van der Waals surface area contributed by atoms with E-state index in [0.29, 0.717) is 16.9 Å². The molecule has 204 valence electrons. The normalized spacial score (nSPS) is 16.0. The molecule has 20 heteroatoms. The smallest absolute Gasteiger partial charge is 0.311 e. The molecule has 1 N–H and O–H groups in total. The molecular weight excluding hydrogens is 565 g/mol. The maximum absolute atomic E-state index is 14.7. The second-order valence-electron chi connectivity index (χ2n) is 6.51. The summed E-state index contributed by atoms with van der Waals surface area (Å²) in [6.45, 7) is 0. The topological polar surface area (TPSA) is 81.7 Å². The quantitative estimate of drug-likeness (QED) is 0.272. The minimum absolute atomic E-state index is 0.167. The van der Waals surface area contributed by atoms with Crippen molar-refractivity contribution < 1.29 is 74.7 Å². The van der Waals surface area contributed by atoms with Gasteiger partial charge in [0.1, 0.15) is 0 Å². The van der Waals surface area contributed by atoms with E-state index in [4.69, 9.17) is 0 Å². The van der Waals surface area contributed by atoms with Crippen LogP contribution in [-0.2, 0) is 23.6 Å². The maximum Gasteiger partial charge on any atom is 0.384 e. The number of nitrogens with one attached hydrogen (secondary N) is 1. The first-order chi connectivity index (χ1) is 15.5. The fourth-order valence-corrected chi connectivity index (χ4v) is 5.52. The number of hydrogen-bond donors (Lipinski definition) is 1. The van der Waals surface area contributed by atoms with E-state index in [1.54, 1.807) is 0 Å². The highest BCUT2D eigenvalue weighted by molar-refractivity contribution is 7.89. The van der Waals surface area contributed by atoms with Crippen LogP contribution in [-0.4, -0.2) is 64.5 Å². The Hall–Kier alpha value is -1.56. The average molecular weight is 579 g/mol. The first kappa shape index (κ1) is 31.5. The predicted octanol–water partition coefficient (Wildman–Crippen LogP) is 5.22. The Morgan fingerprint density at radius 1 is 0.771 bits per heavy atom. The van der Waals surface area contributed by atoms with Crippen molar-refractivity contribution in [3.63, 3.8) is 0 Å². The lowest BCUT2D eigenvalue weighted by atomic mass is 9.94. The Morgan fingerprint density at radius 2 is 1.17 bits per heavy atom. The molecule has 0 bridgehead atoms. The molecule has 1 aromatic carbocycles. The van der Waals surface area contributed by atoms with Gasteiger partial charge >= 0.3 is 43.6 Å². The monoisotopic (exact) mass is 579 g/mol. The van der Waals surface area contributed by atoms with E-state index in [2.05, 4.69) is 9.05 Å².